The van der Waals surface area contributed by atoms with Crippen molar-refractivity contribution in [1.82, 2.24) is 0 Å². The van der Waals surface area contributed by atoms with Crippen LogP contribution in [0.2, 0.25) is 0 Å². The van der Waals surface area contributed by atoms with Crippen molar-refractivity contribution in [3.63, 3.8) is 0 Å². The van der Waals surface area contributed by atoms with Crippen molar-refractivity contribution in [2.24, 2.45) is 5.92 Å². The number of halogens is 1. The Bertz CT molecular complexity index is 116. The first kappa shape index (κ1) is 8.70. The van der Waals surface area contributed by atoms with E-state index in [1.807, 2.05) is 13.8 Å². The Labute approximate surface area is 60.7 Å². The van der Waals surface area contributed by atoms with Gasteiger partial charge in [-0.1, -0.05) is 25.4 Å². The third kappa shape index (κ3) is 5.57. The van der Waals surface area contributed by atoms with Crippen molar-refractivity contribution in [2.45, 2.75) is 20.3 Å². The monoisotopic (exact) mass is 146 g/mol. The van der Waals surface area contributed by atoms with E-state index in [9.17, 15) is 4.79 Å². The number of rotatable bonds is 3. The van der Waals surface area contributed by atoms with E-state index in [1.54, 1.807) is 0 Å². The topological polar surface area (TPSA) is 17.1 Å². The zero-order valence-electron chi connectivity index (χ0n) is 5.73. The Morgan fingerprint density at radius 2 is 2.22 bits per heavy atom. The number of ketones is 1. The van der Waals surface area contributed by atoms with E-state index in [1.165, 1.54) is 11.6 Å². The van der Waals surface area contributed by atoms with Gasteiger partial charge in [0.2, 0.25) is 0 Å². The van der Waals surface area contributed by atoms with E-state index >= 15 is 0 Å². The predicted octanol–water partition coefficient (Wildman–Crippen LogP) is 2.35. The molecule has 0 rings (SSSR count). The lowest BCUT2D eigenvalue weighted by Crippen LogP contribution is -1.97. The van der Waals surface area contributed by atoms with Gasteiger partial charge in [0.25, 0.3) is 0 Å². The molecule has 9 heavy (non-hydrogen) atoms. The predicted molar refractivity (Wildman–Crippen MR) is 39.5 cm³/mol. The van der Waals surface area contributed by atoms with E-state index in [-0.39, 0.29) is 5.78 Å². The van der Waals surface area contributed by atoms with E-state index in [2.05, 4.69) is 0 Å². The lowest BCUT2D eigenvalue weighted by atomic mass is 10.1. The molecule has 0 fully saturated rings. The van der Waals surface area contributed by atoms with Crippen LogP contribution in [-0.2, 0) is 4.79 Å². The van der Waals surface area contributed by atoms with Crippen LogP contribution in [0.1, 0.15) is 20.3 Å². The van der Waals surface area contributed by atoms with Crippen molar-refractivity contribution in [1.29, 1.82) is 0 Å². The zero-order chi connectivity index (χ0) is 7.28. The summed E-state index contributed by atoms with van der Waals surface area (Å²) in [4.78, 5) is 10.7. The van der Waals surface area contributed by atoms with Crippen LogP contribution in [0.3, 0.4) is 0 Å². The van der Waals surface area contributed by atoms with Crippen LogP contribution in [0.25, 0.3) is 0 Å². The molecule has 0 atom stereocenters. The molecule has 0 aromatic carbocycles. The molecule has 1 nitrogen and oxygen atoms in total. The molecule has 52 valence electrons. The molecule has 0 spiro atoms. The number of carbonyl (C=O) groups is 1. The first-order valence-electron chi connectivity index (χ1n) is 2.96. The molecule has 0 aliphatic heterocycles. The summed E-state index contributed by atoms with van der Waals surface area (Å²) in [6.07, 6.45) is 1.98. The average Bonchev–Trinajstić information content (AvgIpc) is 1.63. The zero-order valence-corrected chi connectivity index (χ0v) is 6.48. The summed E-state index contributed by atoms with van der Waals surface area (Å²) in [5, 5.41) is 0. The molecule has 0 heterocycles. The fourth-order valence-electron chi connectivity index (χ4n) is 0.541. The maximum Gasteiger partial charge on any atom is 0.156 e. The minimum Gasteiger partial charge on any atom is -0.295 e. The highest BCUT2D eigenvalue weighted by Crippen LogP contribution is 2.00. The van der Waals surface area contributed by atoms with Crippen molar-refractivity contribution >= 4 is 17.4 Å². The van der Waals surface area contributed by atoms with Crippen molar-refractivity contribution in [2.75, 3.05) is 0 Å². The number of hydrogen-bond donors (Lipinski definition) is 0. The fourth-order valence-corrected chi connectivity index (χ4v) is 0.681. The Balaban J connectivity index is 3.51. The van der Waals surface area contributed by atoms with Gasteiger partial charge >= 0.3 is 0 Å². The van der Waals surface area contributed by atoms with Crippen LogP contribution in [0.15, 0.2) is 11.6 Å². The smallest absolute Gasteiger partial charge is 0.156 e. The molecule has 2 heteroatoms. The maximum atomic E-state index is 10.7. The molecular weight excluding hydrogens is 136 g/mol. The summed E-state index contributed by atoms with van der Waals surface area (Å²) >= 11 is 5.18. The van der Waals surface area contributed by atoms with E-state index < -0.39 is 0 Å². The Kier molecular flexibility index (Phi) is 4.41. The highest BCUT2D eigenvalue weighted by atomic mass is 35.5. The van der Waals surface area contributed by atoms with Crippen molar-refractivity contribution in [3.8, 4) is 0 Å². The lowest BCUT2D eigenvalue weighted by molar-refractivity contribution is -0.115. The third-order valence-corrected chi connectivity index (χ3v) is 0.984. The number of carbonyl (C=O) groups excluding carboxylic acids is 1. The molecule has 0 amide bonds. The van der Waals surface area contributed by atoms with Gasteiger partial charge in [-0.15, -0.1) is 0 Å². The molecule has 0 aliphatic rings. The van der Waals surface area contributed by atoms with Gasteiger partial charge in [-0.3, -0.25) is 4.79 Å². The highest BCUT2D eigenvalue weighted by molar-refractivity contribution is 6.26. The summed E-state index contributed by atoms with van der Waals surface area (Å²) in [6, 6.07) is 0. The molecule has 0 aliphatic carbocycles. The highest BCUT2D eigenvalue weighted by Gasteiger charge is 1.98. The van der Waals surface area contributed by atoms with Gasteiger partial charge in [-0.25, -0.2) is 0 Å². The van der Waals surface area contributed by atoms with Crippen molar-refractivity contribution in [3.05, 3.63) is 11.6 Å². The second-order valence-corrected chi connectivity index (χ2v) is 2.61. The molecule has 0 bridgehead atoms. The molecular formula is C7H11ClO. The van der Waals surface area contributed by atoms with Gasteiger partial charge in [0.05, 0.1) is 0 Å². The summed E-state index contributed by atoms with van der Waals surface area (Å²) in [7, 11) is 0. The van der Waals surface area contributed by atoms with Gasteiger partial charge in [-0.05, 0) is 12.0 Å². The fraction of sp³-hybridized carbons (Fsp3) is 0.571. The molecule has 0 aromatic heterocycles. The Morgan fingerprint density at radius 1 is 1.67 bits per heavy atom. The third-order valence-electron chi connectivity index (χ3n) is 0.858. The lowest BCUT2D eigenvalue weighted by Gasteiger charge is -1.96. The minimum atomic E-state index is 0.0972. The van der Waals surface area contributed by atoms with Crippen LogP contribution >= 0.6 is 11.6 Å². The standard InChI is InChI=1S/C7H11ClO/c1-6(2)5-7(9)3-4-8/h3-4,6H,5H2,1-2H3. The van der Waals surface area contributed by atoms with E-state index in [4.69, 9.17) is 11.6 Å². The summed E-state index contributed by atoms with van der Waals surface area (Å²) in [5.41, 5.74) is 1.25. The first-order valence-corrected chi connectivity index (χ1v) is 3.40. The number of allylic oxidation sites excluding steroid dienone is 1. The summed E-state index contributed by atoms with van der Waals surface area (Å²) in [6.45, 7) is 4.00. The minimum absolute atomic E-state index is 0.0972. The second-order valence-electron chi connectivity index (χ2n) is 2.36. The summed E-state index contributed by atoms with van der Waals surface area (Å²) in [5.74, 6) is 0.519. The quantitative estimate of drug-likeness (QED) is 0.559. The van der Waals surface area contributed by atoms with Crippen LogP contribution in [0.5, 0.6) is 0 Å². The summed E-state index contributed by atoms with van der Waals surface area (Å²) < 4.78 is 0. The van der Waals surface area contributed by atoms with Crippen molar-refractivity contribution < 1.29 is 4.79 Å². The molecule has 0 radical (unpaired) electrons. The van der Waals surface area contributed by atoms with Gasteiger partial charge < -0.3 is 0 Å². The van der Waals surface area contributed by atoms with Gasteiger partial charge in [-0.2, -0.15) is 0 Å². The van der Waals surface area contributed by atoms with E-state index in [0.717, 1.165) is 0 Å². The average molecular weight is 147 g/mol. The number of hydrogen-bond acceptors (Lipinski definition) is 1. The Morgan fingerprint density at radius 3 is 2.56 bits per heavy atom. The molecule has 0 saturated heterocycles. The van der Waals surface area contributed by atoms with E-state index in [0.29, 0.717) is 12.3 Å². The van der Waals surface area contributed by atoms with Crippen LogP contribution in [0, 0.1) is 5.92 Å². The van der Waals surface area contributed by atoms with Crippen LogP contribution in [-0.4, -0.2) is 5.78 Å². The molecule has 0 aromatic rings. The molecule has 0 unspecified atom stereocenters. The SMILES string of the molecule is CC(C)CC(=O)C=CCl. The molecule has 0 saturated carbocycles. The van der Waals surface area contributed by atoms with Crippen LogP contribution in [0.4, 0.5) is 0 Å². The first-order chi connectivity index (χ1) is 4.16. The second kappa shape index (κ2) is 4.57. The van der Waals surface area contributed by atoms with Gasteiger partial charge in [0, 0.05) is 12.0 Å². The normalized spacial score (nSPS) is 11.1. The van der Waals surface area contributed by atoms with Gasteiger partial charge in [0.15, 0.2) is 5.78 Å². The maximum absolute atomic E-state index is 10.7. The molecule has 0 N–H and O–H groups in total. The van der Waals surface area contributed by atoms with Gasteiger partial charge in [0.1, 0.15) is 0 Å². The largest absolute Gasteiger partial charge is 0.295 e. The Hall–Kier alpha value is -0.300. The van der Waals surface area contributed by atoms with Crippen LogP contribution < -0.4 is 0 Å².